The highest BCUT2D eigenvalue weighted by Gasteiger charge is 2.52. The molecule has 102 heavy (non-hydrogen) atoms. The molecular formula is C90H80BBrN8O2. The van der Waals surface area contributed by atoms with Crippen molar-refractivity contribution in [1.82, 2.24) is 39.9 Å². The third kappa shape index (κ3) is 14.2. The van der Waals surface area contributed by atoms with E-state index >= 15 is 0 Å². The molecule has 4 aromatic heterocycles. The van der Waals surface area contributed by atoms with Gasteiger partial charge in [-0.2, -0.15) is 0 Å². The standard InChI is InChI=1S/C42H34N4.C39H40BN3O2.C9H6BrN/c1-4-12-32(13-5-1)39-44-40(33-14-6-2-7-15-33)46-41(45-39)34-21-25-36(26-22-34)42(27-8-3-9-28-42)35-23-19-30(20-24-35)37-18-10-16-31-17-11-29-43-38(31)37;1-37(2)38(3,4)45-40(44-37)33-24-22-32(23-25-33)39(26-12-7-13-27-39)31-20-18-30(19-21-31)36-42-34(28-14-8-5-9-15-28)41-35(43-36)29-16-10-6-11-17-29;10-8-5-1-3-7-4-2-6-11-9(7)8/h1-2,4-7,10-26,29H,3,8-9,27-28H2;5-6,8-11,14-25H,7,12-13,26-27H2,1-4H3;1-6H. The van der Waals surface area contributed by atoms with Crippen LogP contribution < -0.4 is 5.46 Å². The molecule has 10 aromatic carbocycles. The van der Waals surface area contributed by atoms with E-state index in [9.17, 15) is 0 Å². The summed E-state index contributed by atoms with van der Waals surface area (Å²) < 4.78 is 13.7. The summed E-state index contributed by atoms with van der Waals surface area (Å²) in [7, 11) is -0.354. The molecule has 5 heterocycles. The SMILES string of the molecule is Brc1cccc2cccnc12.CC1(C)OB(c2ccc(C3(c4ccc(-c5nc(-c6ccccc6)nc(-c6ccccc6)n5)cc4)CCCCC3)cc2)OC1(C)C.c1ccc(-c2nc(-c3ccccc3)nc(-c3ccc(C4(c5ccc(-c6cccc7cccnc67)cc5)CCCCC4)cc3)n2)cc1. The minimum atomic E-state index is -0.356. The highest BCUT2D eigenvalue weighted by molar-refractivity contribution is 9.10. The van der Waals surface area contributed by atoms with Crippen LogP contribution in [0.4, 0.5) is 0 Å². The average Bonchev–Trinajstić information content (AvgIpc) is 1.34. The van der Waals surface area contributed by atoms with Crippen LogP contribution in [-0.4, -0.2) is 58.2 Å². The molecule has 0 N–H and O–H groups in total. The van der Waals surface area contributed by atoms with Gasteiger partial charge in [-0.15, -0.1) is 0 Å². The van der Waals surface area contributed by atoms with E-state index in [0.717, 1.165) is 85.4 Å². The first kappa shape index (κ1) is 67.3. The zero-order chi connectivity index (χ0) is 69.5. The van der Waals surface area contributed by atoms with Crippen molar-refractivity contribution in [3.8, 4) is 79.5 Å². The summed E-state index contributed by atoms with van der Waals surface area (Å²) >= 11 is 3.43. The van der Waals surface area contributed by atoms with Gasteiger partial charge in [-0.3, -0.25) is 9.97 Å². The van der Waals surface area contributed by atoms with Crippen LogP contribution in [0, 0.1) is 0 Å². The van der Waals surface area contributed by atoms with E-state index in [4.69, 9.17) is 44.2 Å². The van der Waals surface area contributed by atoms with Crippen LogP contribution in [0.2, 0.25) is 0 Å². The van der Waals surface area contributed by atoms with E-state index < -0.39 is 0 Å². The van der Waals surface area contributed by atoms with Gasteiger partial charge in [0.1, 0.15) is 0 Å². The van der Waals surface area contributed by atoms with Crippen LogP contribution in [0.3, 0.4) is 0 Å². The lowest BCUT2D eigenvalue weighted by Crippen LogP contribution is -2.41. The first-order valence-corrected chi connectivity index (χ1v) is 36.5. The Hall–Kier alpha value is -10.5. The number of benzene rings is 10. The predicted octanol–water partition coefficient (Wildman–Crippen LogP) is 21.8. The molecule has 1 saturated heterocycles. The Morgan fingerprint density at radius 2 is 0.598 bits per heavy atom. The van der Waals surface area contributed by atoms with Crippen LogP contribution in [0.1, 0.15) is 114 Å². The minimum absolute atomic E-state index is 0.0180. The van der Waals surface area contributed by atoms with Gasteiger partial charge in [-0.1, -0.05) is 299 Å². The molecule has 0 amide bonds. The lowest BCUT2D eigenvalue weighted by atomic mass is 9.64. The molecule has 10 nitrogen and oxygen atoms in total. The maximum atomic E-state index is 6.34. The molecule has 17 rings (SSSR count). The summed E-state index contributed by atoms with van der Waals surface area (Å²) in [5.74, 6) is 4.07. The van der Waals surface area contributed by atoms with Crippen molar-refractivity contribution < 1.29 is 9.31 Å². The minimum Gasteiger partial charge on any atom is -0.399 e. The molecule has 0 radical (unpaired) electrons. The van der Waals surface area contributed by atoms with E-state index in [1.54, 1.807) is 6.20 Å². The van der Waals surface area contributed by atoms with E-state index in [0.29, 0.717) is 34.9 Å². The van der Waals surface area contributed by atoms with Crippen molar-refractivity contribution in [2.75, 3.05) is 0 Å². The van der Waals surface area contributed by atoms with Crippen LogP contribution in [0.25, 0.3) is 101 Å². The number of nitrogens with zero attached hydrogens (tertiary/aromatic N) is 8. The highest BCUT2D eigenvalue weighted by atomic mass is 79.9. The first-order chi connectivity index (χ1) is 49.9. The van der Waals surface area contributed by atoms with Gasteiger partial charge in [0, 0.05) is 77.4 Å². The van der Waals surface area contributed by atoms with Gasteiger partial charge < -0.3 is 9.31 Å². The fourth-order valence-electron chi connectivity index (χ4n) is 14.9. The van der Waals surface area contributed by atoms with Gasteiger partial charge >= 0.3 is 7.12 Å². The summed E-state index contributed by atoms with van der Waals surface area (Å²) in [6.07, 6.45) is 15.7. The van der Waals surface area contributed by atoms with Gasteiger partial charge in [0.25, 0.3) is 0 Å². The molecule has 3 aliphatic rings. The van der Waals surface area contributed by atoms with Gasteiger partial charge in [-0.25, -0.2) is 29.9 Å². The smallest absolute Gasteiger partial charge is 0.399 e. The first-order valence-electron chi connectivity index (χ1n) is 35.7. The van der Waals surface area contributed by atoms with Gasteiger partial charge in [0.15, 0.2) is 34.9 Å². The van der Waals surface area contributed by atoms with Crippen LogP contribution in [0.5, 0.6) is 0 Å². The van der Waals surface area contributed by atoms with Gasteiger partial charge in [0.05, 0.1) is 22.2 Å². The Morgan fingerprint density at radius 1 is 0.294 bits per heavy atom. The number of rotatable bonds is 12. The quantitative estimate of drug-likeness (QED) is 0.109. The summed E-state index contributed by atoms with van der Waals surface area (Å²) in [5.41, 5.74) is 16.1. The summed E-state index contributed by atoms with van der Waals surface area (Å²) in [6, 6.07) is 97.3. The lowest BCUT2D eigenvalue weighted by molar-refractivity contribution is 0.00578. The Labute approximate surface area is 607 Å². The molecule has 12 heteroatoms. The Bertz CT molecular complexity index is 5030. The monoisotopic (exact) mass is 1390 g/mol. The van der Waals surface area contributed by atoms with E-state index in [1.807, 2.05) is 164 Å². The van der Waals surface area contributed by atoms with E-state index in [-0.39, 0.29) is 29.2 Å². The van der Waals surface area contributed by atoms with Crippen LogP contribution in [-0.2, 0) is 20.1 Å². The fraction of sp³-hybridized carbons (Fsp3) is 0.200. The fourth-order valence-corrected chi connectivity index (χ4v) is 15.3. The number of halogens is 1. The number of fused-ring (bicyclic) bond motifs is 2. The summed E-state index contributed by atoms with van der Waals surface area (Å²) in [5, 5.41) is 2.33. The lowest BCUT2D eigenvalue weighted by Gasteiger charge is -2.39. The third-order valence-electron chi connectivity index (χ3n) is 21.2. The number of para-hydroxylation sites is 2. The normalized spacial score (nSPS) is 15.7. The molecule has 502 valence electrons. The molecular weight excluding hydrogens is 1320 g/mol. The third-order valence-corrected chi connectivity index (χ3v) is 21.8. The average molecular weight is 1400 g/mol. The second-order valence-electron chi connectivity index (χ2n) is 28.0. The highest BCUT2D eigenvalue weighted by Crippen LogP contribution is 2.48. The van der Waals surface area contributed by atoms with E-state index in [1.165, 1.54) is 77.3 Å². The number of hydrogen-bond donors (Lipinski definition) is 0. The number of aromatic nitrogens is 8. The van der Waals surface area contributed by atoms with Crippen molar-refractivity contribution in [3.05, 3.63) is 318 Å². The van der Waals surface area contributed by atoms with E-state index in [2.05, 4.69) is 170 Å². The molecule has 1 aliphatic heterocycles. The van der Waals surface area contributed by atoms with Crippen molar-refractivity contribution in [3.63, 3.8) is 0 Å². The zero-order valence-corrected chi connectivity index (χ0v) is 59.7. The van der Waals surface area contributed by atoms with Crippen molar-refractivity contribution in [2.24, 2.45) is 0 Å². The zero-order valence-electron chi connectivity index (χ0n) is 58.1. The Balaban J connectivity index is 0.000000143. The molecule has 0 bridgehead atoms. The molecule has 0 spiro atoms. The van der Waals surface area contributed by atoms with Gasteiger partial charge in [0.2, 0.25) is 0 Å². The maximum absolute atomic E-state index is 6.34. The second kappa shape index (κ2) is 29.6. The molecule has 14 aromatic rings. The topological polar surface area (TPSA) is 122 Å². The maximum Gasteiger partial charge on any atom is 0.494 e. The number of pyridine rings is 2. The summed E-state index contributed by atoms with van der Waals surface area (Å²) in [4.78, 5) is 38.4. The Morgan fingerprint density at radius 3 is 0.961 bits per heavy atom. The molecule has 0 unspecified atom stereocenters. The molecule has 2 saturated carbocycles. The van der Waals surface area contributed by atoms with Crippen molar-refractivity contribution in [2.45, 2.75) is 114 Å². The molecule has 2 aliphatic carbocycles. The Kier molecular flexibility index (Phi) is 19.5. The molecule has 0 atom stereocenters. The predicted molar refractivity (Wildman–Crippen MR) is 419 cm³/mol. The van der Waals surface area contributed by atoms with Crippen molar-refractivity contribution in [1.29, 1.82) is 0 Å². The van der Waals surface area contributed by atoms with Gasteiger partial charge in [-0.05, 0) is 121 Å². The van der Waals surface area contributed by atoms with Crippen molar-refractivity contribution >= 4 is 50.3 Å². The second-order valence-corrected chi connectivity index (χ2v) is 28.9. The molecule has 3 fully saturated rings. The largest absolute Gasteiger partial charge is 0.494 e. The van der Waals surface area contributed by atoms with Crippen LogP contribution >= 0.6 is 15.9 Å². The number of hydrogen-bond acceptors (Lipinski definition) is 10. The summed E-state index contributed by atoms with van der Waals surface area (Å²) in [6.45, 7) is 8.40. The van der Waals surface area contributed by atoms with Crippen LogP contribution in [0.15, 0.2) is 296 Å².